The van der Waals surface area contributed by atoms with Crippen molar-refractivity contribution in [3.05, 3.63) is 59.8 Å². The second-order valence-corrected chi connectivity index (χ2v) is 7.34. The fourth-order valence-corrected chi connectivity index (χ4v) is 3.65. The number of methoxy groups -OCH3 is 2. The third-order valence-corrected chi connectivity index (χ3v) is 4.92. The summed E-state index contributed by atoms with van der Waals surface area (Å²) in [7, 11) is 5.30. The van der Waals surface area contributed by atoms with Crippen molar-refractivity contribution >= 4 is 16.8 Å². The number of carbonyl (C=O) groups excluding carboxylic acids is 1. The molecule has 0 saturated carbocycles. The van der Waals surface area contributed by atoms with E-state index < -0.39 is 0 Å². The molecule has 0 radical (unpaired) electrons. The number of para-hydroxylation sites is 1. The molecule has 148 valence electrons. The average molecular weight is 380 g/mol. The van der Waals surface area contributed by atoms with Crippen LogP contribution in [-0.4, -0.2) is 30.7 Å². The number of aromatic nitrogens is 1. The lowest BCUT2D eigenvalue weighted by Gasteiger charge is -2.20. The SMILES string of the molecule is COc1cc(OC)cc(C(CC(=O)NC(C)C)c2cn(C)c3ccccc23)c1. The number of nitrogens with zero attached hydrogens (tertiary/aromatic N) is 1. The summed E-state index contributed by atoms with van der Waals surface area (Å²) in [6.07, 6.45) is 2.46. The quantitative estimate of drug-likeness (QED) is 0.667. The van der Waals surface area contributed by atoms with Gasteiger partial charge in [0.15, 0.2) is 0 Å². The third-order valence-electron chi connectivity index (χ3n) is 4.92. The van der Waals surface area contributed by atoms with Crippen LogP contribution in [0.2, 0.25) is 0 Å². The minimum Gasteiger partial charge on any atom is -0.497 e. The van der Waals surface area contributed by atoms with Crippen molar-refractivity contribution in [3.63, 3.8) is 0 Å². The summed E-state index contributed by atoms with van der Waals surface area (Å²) < 4.78 is 13.0. The Morgan fingerprint density at radius 3 is 2.32 bits per heavy atom. The van der Waals surface area contributed by atoms with E-state index in [2.05, 4.69) is 28.2 Å². The molecule has 5 heteroatoms. The molecular formula is C23H28N2O3. The van der Waals surface area contributed by atoms with E-state index in [0.717, 1.165) is 22.0 Å². The third kappa shape index (κ3) is 4.14. The molecule has 3 rings (SSSR count). The maximum atomic E-state index is 12.7. The standard InChI is InChI=1S/C23H28N2O3/c1-15(2)24-23(26)13-20(16-10-17(27-4)12-18(11-16)28-5)21-14-25(3)22-9-7-6-8-19(21)22/h6-12,14-15,20H,13H2,1-5H3,(H,24,26). The maximum absolute atomic E-state index is 12.7. The van der Waals surface area contributed by atoms with Crippen molar-refractivity contribution in [2.45, 2.75) is 32.2 Å². The van der Waals surface area contributed by atoms with Crippen LogP contribution in [0.15, 0.2) is 48.7 Å². The van der Waals surface area contributed by atoms with Gasteiger partial charge in [0, 0.05) is 48.6 Å². The molecule has 0 spiro atoms. The molecule has 0 aliphatic rings. The van der Waals surface area contributed by atoms with Crippen LogP contribution < -0.4 is 14.8 Å². The Labute approximate surface area is 166 Å². The Balaban J connectivity index is 2.14. The first-order valence-electron chi connectivity index (χ1n) is 9.49. The molecule has 3 aromatic rings. The summed E-state index contributed by atoms with van der Waals surface area (Å²) in [5.41, 5.74) is 3.25. The number of aryl methyl sites for hydroxylation is 1. The van der Waals surface area contributed by atoms with E-state index in [9.17, 15) is 4.79 Å². The number of nitrogens with one attached hydrogen (secondary N) is 1. The Morgan fingerprint density at radius 2 is 1.71 bits per heavy atom. The fraction of sp³-hybridized carbons (Fsp3) is 0.348. The largest absolute Gasteiger partial charge is 0.497 e. The summed E-state index contributed by atoms with van der Waals surface area (Å²) in [5.74, 6) is 1.33. The van der Waals surface area contributed by atoms with Gasteiger partial charge in [-0.15, -0.1) is 0 Å². The van der Waals surface area contributed by atoms with Gasteiger partial charge in [-0.3, -0.25) is 4.79 Å². The zero-order chi connectivity index (χ0) is 20.3. The molecule has 1 heterocycles. The van der Waals surface area contributed by atoms with Crippen LogP contribution in [0.4, 0.5) is 0 Å². The number of rotatable bonds is 7. The Hall–Kier alpha value is -2.95. The van der Waals surface area contributed by atoms with Crippen LogP contribution in [0.25, 0.3) is 10.9 Å². The van der Waals surface area contributed by atoms with Gasteiger partial charge < -0.3 is 19.4 Å². The van der Waals surface area contributed by atoms with Gasteiger partial charge in [-0.1, -0.05) is 18.2 Å². The first kappa shape index (κ1) is 19.8. The van der Waals surface area contributed by atoms with E-state index in [1.807, 2.05) is 51.2 Å². The summed E-state index contributed by atoms with van der Waals surface area (Å²) >= 11 is 0. The molecule has 0 saturated heterocycles. The summed E-state index contributed by atoms with van der Waals surface area (Å²) in [6, 6.07) is 14.2. The summed E-state index contributed by atoms with van der Waals surface area (Å²) in [4.78, 5) is 12.7. The number of hydrogen-bond acceptors (Lipinski definition) is 3. The fourth-order valence-electron chi connectivity index (χ4n) is 3.65. The number of carbonyl (C=O) groups is 1. The van der Waals surface area contributed by atoms with Crippen molar-refractivity contribution < 1.29 is 14.3 Å². The second kappa shape index (κ2) is 8.38. The average Bonchev–Trinajstić information content (AvgIpc) is 3.02. The first-order valence-corrected chi connectivity index (χ1v) is 9.49. The van der Waals surface area contributed by atoms with E-state index >= 15 is 0 Å². The lowest BCUT2D eigenvalue weighted by molar-refractivity contribution is -0.121. The summed E-state index contributed by atoms with van der Waals surface area (Å²) in [6.45, 7) is 3.94. The molecule has 2 aromatic carbocycles. The molecular weight excluding hydrogens is 352 g/mol. The van der Waals surface area contributed by atoms with Crippen LogP contribution in [0, 0.1) is 0 Å². The van der Waals surface area contributed by atoms with E-state index in [0.29, 0.717) is 17.9 Å². The molecule has 1 atom stereocenters. The molecule has 5 nitrogen and oxygen atoms in total. The second-order valence-electron chi connectivity index (χ2n) is 7.34. The predicted molar refractivity (Wildman–Crippen MR) is 112 cm³/mol. The highest BCUT2D eigenvalue weighted by Gasteiger charge is 2.24. The van der Waals surface area contributed by atoms with Crippen LogP contribution in [-0.2, 0) is 11.8 Å². The zero-order valence-electron chi connectivity index (χ0n) is 17.2. The van der Waals surface area contributed by atoms with Gasteiger partial charge in [-0.2, -0.15) is 0 Å². The van der Waals surface area contributed by atoms with Gasteiger partial charge in [0.05, 0.1) is 14.2 Å². The van der Waals surface area contributed by atoms with Gasteiger partial charge in [-0.05, 0) is 43.2 Å². The van der Waals surface area contributed by atoms with Crippen LogP contribution in [0.3, 0.4) is 0 Å². The van der Waals surface area contributed by atoms with Gasteiger partial charge in [0.2, 0.25) is 5.91 Å². The zero-order valence-corrected chi connectivity index (χ0v) is 17.2. The molecule has 0 aliphatic carbocycles. The lowest BCUT2D eigenvalue weighted by atomic mass is 9.87. The van der Waals surface area contributed by atoms with Gasteiger partial charge >= 0.3 is 0 Å². The highest BCUT2D eigenvalue weighted by atomic mass is 16.5. The Bertz CT molecular complexity index is 953. The first-order chi connectivity index (χ1) is 13.4. The minimum atomic E-state index is -0.117. The van der Waals surface area contributed by atoms with Gasteiger partial charge in [-0.25, -0.2) is 0 Å². The van der Waals surface area contributed by atoms with Crippen molar-refractivity contribution in [3.8, 4) is 11.5 Å². The predicted octanol–water partition coefficient (Wildman–Crippen LogP) is 4.24. The van der Waals surface area contributed by atoms with Crippen molar-refractivity contribution in [2.24, 2.45) is 7.05 Å². The van der Waals surface area contributed by atoms with Crippen LogP contribution >= 0.6 is 0 Å². The smallest absolute Gasteiger partial charge is 0.221 e. The van der Waals surface area contributed by atoms with E-state index in [-0.39, 0.29) is 17.9 Å². The highest BCUT2D eigenvalue weighted by Crippen LogP contribution is 2.37. The van der Waals surface area contributed by atoms with E-state index in [1.54, 1.807) is 14.2 Å². The molecule has 1 N–H and O–H groups in total. The molecule has 1 unspecified atom stereocenters. The van der Waals surface area contributed by atoms with Crippen LogP contribution in [0.5, 0.6) is 11.5 Å². The topological polar surface area (TPSA) is 52.5 Å². The molecule has 1 aromatic heterocycles. The highest BCUT2D eigenvalue weighted by molar-refractivity contribution is 5.86. The van der Waals surface area contributed by atoms with Crippen molar-refractivity contribution in [1.82, 2.24) is 9.88 Å². The molecule has 0 bridgehead atoms. The number of ether oxygens (including phenoxy) is 2. The number of amides is 1. The summed E-state index contributed by atoms with van der Waals surface area (Å²) in [5, 5.41) is 4.16. The molecule has 0 fully saturated rings. The molecule has 1 amide bonds. The van der Waals surface area contributed by atoms with Crippen LogP contribution in [0.1, 0.15) is 37.3 Å². The number of hydrogen-bond donors (Lipinski definition) is 1. The number of fused-ring (bicyclic) bond motifs is 1. The molecule has 0 aliphatic heterocycles. The van der Waals surface area contributed by atoms with E-state index in [4.69, 9.17) is 9.47 Å². The number of benzene rings is 2. The van der Waals surface area contributed by atoms with Crippen molar-refractivity contribution in [1.29, 1.82) is 0 Å². The minimum absolute atomic E-state index is 0.0229. The normalized spacial score (nSPS) is 12.2. The molecule has 28 heavy (non-hydrogen) atoms. The van der Waals surface area contributed by atoms with Gasteiger partial charge in [0.1, 0.15) is 11.5 Å². The Morgan fingerprint density at radius 1 is 1.07 bits per heavy atom. The van der Waals surface area contributed by atoms with Gasteiger partial charge in [0.25, 0.3) is 0 Å². The van der Waals surface area contributed by atoms with Crippen molar-refractivity contribution in [2.75, 3.05) is 14.2 Å². The maximum Gasteiger partial charge on any atom is 0.221 e. The monoisotopic (exact) mass is 380 g/mol. The lowest BCUT2D eigenvalue weighted by Crippen LogP contribution is -2.31. The Kier molecular flexibility index (Phi) is 5.93. The van der Waals surface area contributed by atoms with E-state index in [1.165, 1.54) is 0 Å².